The third-order valence-electron chi connectivity index (χ3n) is 3.26. The third-order valence-corrected chi connectivity index (χ3v) is 4.64. The number of carboxylic acids is 1. The van der Waals surface area contributed by atoms with Gasteiger partial charge in [0.25, 0.3) is 5.91 Å². The van der Waals surface area contributed by atoms with Crippen molar-refractivity contribution in [3.63, 3.8) is 0 Å². The van der Waals surface area contributed by atoms with E-state index in [9.17, 15) is 23.2 Å². The lowest BCUT2D eigenvalue weighted by molar-refractivity contribution is -0.137. The zero-order valence-electron chi connectivity index (χ0n) is 13.7. The number of carboxylic acid groups (broad SMARTS) is 1. The van der Waals surface area contributed by atoms with E-state index in [-0.39, 0.29) is 40.0 Å². The highest BCUT2D eigenvalue weighted by Crippen LogP contribution is 2.34. The van der Waals surface area contributed by atoms with Gasteiger partial charge in [-0.05, 0) is 12.1 Å². The molecular weight excluding hydrogens is 402 g/mol. The molecule has 1 aliphatic rings. The molecular formula is C16H14F2N2O5S2. The molecule has 0 aromatic heterocycles. The van der Waals surface area contributed by atoms with Gasteiger partial charge < -0.3 is 15.2 Å². The van der Waals surface area contributed by atoms with Gasteiger partial charge in [0, 0.05) is 12.1 Å². The Morgan fingerprint density at radius 3 is 2.74 bits per heavy atom. The second kappa shape index (κ2) is 9.42. The van der Waals surface area contributed by atoms with Crippen molar-refractivity contribution in [2.75, 3.05) is 13.1 Å². The predicted molar refractivity (Wildman–Crippen MR) is 98.2 cm³/mol. The molecule has 0 bridgehead atoms. The van der Waals surface area contributed by atoms with Crippen LogP contribution >= 0.6 is 24.0 Å². The quantitative estimate of drug-likeness (QED) is 0.495. The Morgan fingerprint density at radius 2 is 2.07 bits per heavy atom. The van der Waals surface area contributed by atoms with Crippen molar-refractivity contribution in [2.45, 2.75) is 13.0 Å². The molecule has 0 aliphatic carbocycles. The van der Waals surface area contributed by atoms with Crippen LogP contribution in [0.2, 0.25) is 0 Å². The van der Waals surface area contributed by atoms with E-state index in [1.165, 1.54) is 24.3 Å². The topological polar surface area (TPSA) is 95.9 Å². The van der Waals surface area contributed by atoms with Gasteiger partial charge in [-0.15, -0.1) is 0 Å². The summed E-state index contributed by atoms with van der Waals surface area (Å²) in [4.78, 5) is 35.9. The Labute approximate surface area is 162 Å². The minimum absolute atomic E-state index is 0.0723. The van der Waals surface area contributed by atoms with Crippen LogP contribution in [0.4, 0.5) is 8.78 Å². The first kappa shape index (κ1) is 20.8. The largest absolute Gasteiger partial charge is 0.481 e. The minimum atomic E-state index is -3.01. The number of aliphatic carboxylic acids is 1. The highest BCUT2D eigenvalue weighted by molar-refractivity contribution is 8.26. The first-order chi connectivity index (χ1) is 12.8. The van der Waals surface area contributed by atoms with E-state index in [2.05, 4.69) is 10.1 Å². The van der Waals surface area contributed by atoms with Crippen molar-refractivity contribution < 1.29 is 33.0 Å². The highest BCUT2D eigenvalue weighted by Gasteiger charge is 2.33. The molecule has 1 heterocycles. The van der Waals surface area contributed by atoms with E-state index < -0.39 is 24.4 Å². The van der Waals surface area contributed by atoms with E-state index in [4.69, 9.17) is 17.3 Å². The van der Waals surface area contributed by atoms with Crippen LogP contribution in [-0.4, -0.2) is 51.8 Å². The van der Waals surface area contributed by atoms with Crippen LogP contribution in [0.15, 0.2) is 29.2 Å². The van der Waals surface area contributed by atoms with Crippen LogP contribution in [0.1, 0.15) is 12.0 Å². The molecule has 2 rings (SSSR count). The van der Waals surface area contributed by atoms with E-state index in [1.54, 1.807) is 6.07 Å². The summed E-state index contributed by atoms with van der Waals surface area (Å²) in [6.07, 6.45) is 1.12. The van der Waals surface area contributed by atoms with Gasteiger partial charge in [0.1, 0.15) is 16.6 Å². The maximum atomic E-state index is 12.5. The second-order valence-electron chi connectivity index (χ2n) is 5.18. The SMILES string of the molecule is O=C(O)CCNC(=O)CN1C(=O)/C(=C/c2ccccc2OC(F)F)SC1=S. The molecule has 7 nitrogen and oxygen atoms in total. The number of carbonyl (C=O) groups is 3. The van der Waals surface area contributed by atoms with Gasteiger partial charge in [0.15, 0.2) is 0 Å². The Kier molecular flexibility index (Phi) is 7.25. The lowest BCUT2D eigenvalue weighted by atomic mass is 10.2. The number of amides is 2. The van der Waals surface area contributed by atoms with Crippen LogP contribution in [-0.2, 0) is 14.4 Å². The Balaban J connectivity index is 2.08. The zero-order valence-corrected chi connectivity index (χ0v) is 15.3. The van der Waals surface area contributed by atoms with Crippen LogP contribution in [0.5, 0.6) is 5.75 Å². The fraction of sp³-hybridized carbons (Fsp3) is 0.250. The first-order valence-electron chi connectivity index (χ1n) is 7.55. The number of nitrogens with zero attached hydrogens (tertiary/aromatic N) is 1. The van der Waals surface area contributed by atoms with Crippen molar-refractivity contribution in [1.82, 2.24) is 10.2 Å². The summed E-state index contributed by atoms with van der Waals surface area (Å²) >= 11 is 6.01. The molecule has 0 spiro atoms. The number of para-hydroxylation sites is 1. The Bertz CT molecular complexity index is 801. The molecule has 1 saturated heterocycles. The minimum Gasteiger partial charge on any atom is -0.481 e. The molecule has 0 radical (unpaired) electrons. The van der Waals surface area contributed by atoms with Gasteiger partial charge >= 0.3 is 12.6 Å². The molecule has 1 aromatic rings. The summed E-state index contributed by atoms with van der Waals surface area (Å²) in [5, 5.41) is 10.9. The van der Waals surface area contributed by atoms with Gasteiger partial charge in [0.2, 0.25) is 5.91 Å². The van der Waals surface area contributed by atoms with E-state index in [0.717, 1.165) is 16.7 Å². The van der Waals surface area contributed by atoms with Crippen LogP contribution in [0.3, 0.4) is 0 Å². The summed E-state index contributed by atoms with van der Waals surface area (Å²) in [5.74, 6) is -2.27. The number of halogens is 2. The number of hydrogen-bond acceptors (Lipinski definition) is 6. The number of hydrogen-bond donors (Lipinski definition) is 2. The van der Waals surface area contributed by atoms with Crippen molar-refractivity contribution in [3.8, 4) is 5.75 Å². The van der Waals surface area contributed by atoms with E-state index in [1.807, 2.05) is 0 Å². The smallest absolute Gasteiger partial charge is 0.387 e. The van der Waals surface area contributed by atoms with Gasteiger partial charge in [-0.3, -0.25) is 19.3 Å². The second-order valence-corrected chi connectivity index (χ2v) is 6.85. The number of thiocarbonyl (C=S) groups is 1. The van der Waals surface area contributed by atoms with Crippen molar-refractivity contribution in [1.29, 1.82) is 0 Å². The number of ether oxygens (including phenoxy) is 1. The van der Waals surface area contributed by atoms with Crippen LogP contribution in [0.25, 0.3) is 6.08 Å². The molecule has 2 amide bonds. The molecule has 2 N–H and O–H groups in total. The summed E-state index contributed by atoms with van der Waals surface area (Å²) in [6.45, 7) is -3.45. The highest BCUT2D eigenvalue weighted by atomic mass is 32.2. The fourth-order valence-corrected chi connectivity index (χ4v) is 3.33. The number of thioether (sulfide) groups is 1. The van der Waals surface area contributed by atoms with Crippen molar-refractivity contribution >= 4 is 52.2 Å². The maximum Gasteiger partial charge on any atom is 0.387 e. The number of carbonyl (C=O) groups excluding carboxylic acids is 2. The summed E-state index contributed by atoms with van der Waals surface area (Å²) in [6, 6.07) is 5.96. The molecule has 0 saturated carbocycles. The molecule has 11 heteroatoms. The number of alkyl halides is 2. The summed E-state index contributed by atoms with van der Waals surface area (Å²) < 4.78 is 29.5. The molecule has 0 atom stereocenters. The third kappa shape index (κ3) is 6.00. The van der Waals surface area contributed by atoms with Crippen LogP contribution < -0.4 is 10.1 Å². The average Bonchev–Trinajstić information content (AvgIpc) is 2.83. The van der Waals surface area contributed by atoms with E-state index >= 15 is 0 Å². The van der Waals surface area contributed by atoms with Crippen molar-refractivity contribution in [3.05, 3.63) is 34.7 Å². The van der Waals surface area contributed by atoms with Gasteiger partial charge in [-0.2, -0.15) is 8.78 Å². The standard InChI is InChI=1S/C16H14F2N2O5S2/c17-15(18)25-10-4-2-1-3-9(10)7-11-14(24)20(16(26)27-11)8-12(21)19-6-5-13(22)23/h1-4,7,15H,5-6,8H2,(H,19,21)(H,22,23)/b11-7-. The van der Waals surface area contributed by atoms with Gasteiger partial charge in [0.05, 0.1) is 11.3 Å². The normalized spacial score (nSPS) is 15.5. The number of nitrogens with one attached hydrogen (secondary N) is 1. The summed E-state index contributed by atoms with van der Waals surface area (Å²) in [7, 11) is 0. The fourth-order valence-electron chi connectivity index (χ4n) is 2.09. The number of benzene rings is 1. The molecule has 144 valence electrons. The maximum absolute atomic E-state index is 12.5. The summed E-state index contributed by atoms with van der Waals surface area (Å²) in [5.41, 5.74) is 0.268. The monoisotopic (exact) mass is 416 g/mol. The molecule has 1 aromatic carbocycles. The predicted octanol–water partition coefficient (Wildman–Crippen LogP) is 2.08. The molecule has 1 aliphatic heterocycles. The average molecular weight is 416 g/mol. The lowest BCUT2D eigenvalue weighted by Crippen LogP contribution is -2.40. The molecule has 27 heavy (non-hydrogen) atoms. The van der Waals surface area contributed by atoms with Gasteiger partial charge in [-0.25, -0.2) is 0 Å². The zero-order chi connectivity index (χ0) is 20.0. The Morgan fingerprint density at radius 1 is 1.37 bits per heavy atom. The van der Waals surface area contributed by atoms with E-state index in [0.29, 0.717) is 0 Å². The number of rotatable bonds is 8. The van der Waals surface area contributed by atoms with Crippen molar-refractivity contribution in [2.24, 2.45) is 0 Å². The van der Waals surface area contributed by atoms with Gasteiger partial charge in [-0.1, -0.05) is 42.2 Å². The first-order valence-corrected chi connectivity index (χ1v) is 8.78. The van der Waals surface area contributed by atoms with Crippen LogP contribution in [0, 0.1) is 0 Å². The molecule has 0 unspecified atom stereocenters. The molecule has 1 fully saturated rings. The lowest BCUT2D eigenvalue weighted by Gasteiger charge is -2.13. The Hall–Kier alpha value is -2.53.